The summed E-state index contributed by atoms with van der Waals surface area (Å²) >= 11 is 0. The number of fused-ring (bicyclic) bond motifs is 2. The van der Waals surface area contributed by atoms with E-state index in [2.05, 4.69) is 5.32 Å². The van der Waals surface area contributed by atoms with Gasteiger partial charge in [0, 0.05) is 35.0 Å². The summed E-state index contributed by atoms with van der Waals surface area (Å²) in [6.07, 6.45) is -18.1. The molecular formula is C43H31F9N2O4. The van der Waals surface area contributed by atoms with Crippen LogP contribution in [0.15, 0.2) is 103 Å². The van der Waals surface area contributed by atoms with Gasteiger partial charge in [-0.05, 0) is 95.1 Å². The number of hydrogen-bond donors (Lipinski definition) is 2. The number of aryl methyl sites for hydroxylation is 3. The summed E-state index contributed by atoms with van der Waals surface area (Å²) in [5, 5.41) is 13.6. The number of alkyl halides is 9. The van der Waals surface area contributed by atoms with Gasteiger partial charge in [-0.2, -0.15) is 39.5 Å². The van der Waals surface area contributed by atoms with Crippen LogP contribution in [-0.2, 0) is 23.7 Å². The molecule has 0 saturated carbocycles. The van der Waals surface area contributed by atoms with Crippen LogP contribution in [0.5, 0.6) is 0 Å². The number of aliphatic hydroxyl groups excluding tert-OH is 1. The van der Waals surface area contributed by atoms with Crippen molar-refractivity contribution in [3.63, 3.8) is 0 Å². The molecule has 0 fully saturated rings. The largest absolute Gasteiger partial charge is 0.411 e. The molecule has 2 aliphatic rings. The van der Waals surface area contributed by atoms with Crippen molar-refractivity contribution in [2.45, 2.75) is 55.4 Å². The second kappa shape index (κ2) is 13.9. The van der Waals surface area contributed by atoms with E-state index in [-0.39, 0.29) is 28.7 Å². The van der Waals surface area contributed by atoms with E-state index < -0.39 is 80.8 Å². The Morgan fingerprint density at radius 3 is 1.74 bits per heavy atom. The fourth-order valence-electron chi connectivity index (χ4n) is 8.15. The molecule has 0 aromatic heterocycles. The van der Waals surface area contributed by atoms with Crippen LogP contribution in [-0.4, -0.2) is 48.8 Å². The number of aliphatic hydroxyl groups is 1. The Balaban J connectivity index is 1.33. The third-order valence-electron chi connectivity index (χ3n) is 11.2. The molecule has 2 N–H and O–H groups in total. The monoisotopic (exact) mass is 810 g/mol. The van der Waals surface area contributed by atoms with Crippen LogP contribution in [0.1, 0.15) is 87.4 Å². The average molecular weight is 811 g/mol. The van der Waals surface area contributed by atoms with E-state index in [4.69, 9.17) is 0 Å². The SMILES string of the molecule is CNC(=O)c1ccc(C(c2ccc3c(c2)C(O)N(c2ccc(C(c4ccc(C)cc4)(c4ccc5c(c4)CC5)C(F)(F)F)cc2)C3=O)(C(F)(F)F)C(F)(F)F)cc1C=O. The molecule has 5 aromatic rings. The zero-order valence-corrected chi connectivity index (χ0v) is 30.4. The summed E-state index contributed by atoms with van der Waals surface area (Å²) in [5.74, 6) is -2.00. The van der Waals surface area contributed by atoms with Crippen LogP contribution in [0.2, 0.25) is 0 Å². The summed E-state index contributed by atoms with van der Waals surface area (Å²) in [5.41, 5.74) is -11.1. The number of amides is 2. The minimum atomic E-state index is -6.14. The predicted octanol–water partition coefficient (Wildman–Crippen LogP) is 9.22. The molecule has 0 saturated heterocycles. The Bertz CT molecular complexity index is 2440. The molecule has 2 amide bonds. The lowest BCUT2D eigenvalue weighted by molar-refractivity contribution is -0.288. The van der Waals surface area contributed by atoms with Crippen molar-refractivity contribution in [3.8, 4) is 0 Å². The smallest absolute Gasteiger partial charge is 0.369 e. The van der Waals surface area contributed by atoms with Crippen molar-refractivity contribution in [2.24, 2.45) is 0 Å². The molecule has 7 rings (SSSR count). The van der Waals surface area contributed by atoms with Crippen molar-refractivity contribution in [1.82, 2.24) is 5.32 Å². The Morgan fingerprint density at radius 1 is 0.690 bits per heavy atom. The number of carbonyl (C=O) groups is 3. The average Bonchev–Trinajstić information content (AvgIpc) is 3.40. The standard InChI is InChI=1S/C43H31F9N2O4/c1-23-3-8-27(9-4-23)39(41(44,45)46,29-10-7-24-5-6-25(24)19-29)28-11-15-32(16-12-28)54-37(57)34-18-14-31(21-35(34)38(54)58)40(42(47,48)49,43(50,51)52)30-13-17-33(36(56)53-2)26(20-30)22-55/h3-4,7-22,38,58H,5-6H2,1-2H3,(H,53,56). The van der Waals surface area contributed by atoms with Gasteiger partial charge in [0.05, 0.1) is 0 Å². The normalized spacial score (nSPS) is 16.6. The van der Waals surface area contributed by atoms with E-state index >= 15 is 39.5 Å². The predicted molar refractivity (Wildman–Crippen MR) is 194 cm³/mol. The number of hydrogen-bond acceptors (Lipinski definition) is 4. The Labute approximate surface area is 324 Å². The van der Waals surface area contributed by atoms with E-state index in [1.165, 1.54) is 24.3 Å². The van der Waals surface area contributed by atoms with Crippen LogP contribution in [0.25, 0.3) is 0 Å². The second-order valence-corrected chi connectivity index (χ2v) is 14.2. The molecule has 0 bridgehead atoms. The number of halogens is 9. The molecule has 1 heterocycles. The van der Waals surface area contributed by atoms with Crippen molar-refractivity contribution in [2.75, 3.05) is 11.9 Å². The van der Waals surface area contributed by atoms with Crippen LogP contribution in [0.3, 0.4) is 0 Å². The Kier molecular flexibility index (Phi) is 9.61. The third kappa shape index (κ3) is 5.88. The van der Waals surface area contributed by atoms with Crippen molar-refractivity contribution in [1.29, 1.82) is 0 Å². The number of nitrogens with one attached hydrogen (secondary N) is 1. The first-order valence-electron chi connectivity index (χ1n) is 17.7. The first kappa shape index (κ1) is 40.2. The van der Waals surface area contributed by atoms with Gasteiger partial charge in [-0.15, -0.1) is 0 Å². The van der Waals surface area contributed by atoms with Gasteiger partial charge in [0.15, 0.2) is 12.5 Å². The minimum absolute atomic E-state index is 0.0615. The zero-order chi connectivity index (χ0) is 42.2. The molecular weight excluding hydrogens is 779 g/mol. The van der Waals surface area contributed by atoms with E-state index in [1.54, 1.807) is 25.1 Å². The highest BCUT2D eigenvalue weighted by atomic mass is 19.4. The summed E-state index contributed by atoms with van der Waals surface area (Å²) in [6.45, 7) is 1.72. The lowest BCUT2D eigenvalue weighted by atomic mass is 9.67. The van der Waals surface area contributed by atoms with Gasteiger partial charge < -0.3 is 10.4 Å². The molecule has 0 radical (unpaired) electrons. The number of anilines is 1. The van der Waals surface area contributed by atoms with E-state index in [0.717, 1.165) is 48.9 Å². The van der Waals surface area contributed by atoms with Crippen LogP contribution in [0, 0.1) is 6.92 Å². The summed E-state index contributed by atoms with van der Waals surface area (Å²) < 4.78 is 138. The van der Waals surface area contributed by atoms with Gasteiger partial charge in [-0.1, -0.05) is 72.3 Å². The molecule has 1 aliphatic heterocycles. The second-order valence-electron chi connectivity index (χ2n) is 14.2. The van der Waals surface area contributed by atoms with Crippen LogP contribution >= 0.6 is 0 Å². The highest BCUT2D eigenvalue weighted by molar-refractivity contribution is 6.11. The number of benzene rings is 5. The molecule has 6 nitrogen and oxygen atoms in total. The van der Waals surface area contributed by atoms with E-state index in [0.29, 0.717) is 53.3 Å². The highest BCUT2D eigenvalue weighted by Crippen LogP contribution is 2.57. The third-order valence-corrected chi connectivity index (χ3v) is 11.2. The maximum absolute atomic E-state index is 15.7. The maximum atomic E-state index is 15.7. The fraction of sp³-hybridized carbons (Fsp3) is 0.233. The van der Waals surface area contributed by atoms with Crippen molar-refractivity contribution in [3.05, 3.63) is 170 Å². The minimum Gasteiger partial charge on any atom is -0.369 e. The molecule has 1 aliphatic carbocycles. The number of nitrogens with zero attached hydrogens (tertiary/aromatic N) is 1. The molecule has 0 spiro atoms. The van der Waals surface area contributed by atoms with Crippen LogP contribution < -0.4 is 10.2 Å². The van der Waals surface area contributed by atoms with Crippen molar-refractivity contribution < 1.29 is 59.0 Å². The van der Waals surface area contributed by atoms with Gasteiger partial charge in [-0.25, -0.2) is 0 Å². The Morgan fingerprint density at radius 2 is 1.22 bits per heavy atom. The first-order chi connectivity index (χ1) is 27.2. The van der Waals surface area contributed by atoms with Crippen molar-refractivity contribution >= 4 is 23.8 Å². The fourth-order valence-corrected chi connectivity index (χ4v) is 8.15. The van der Waals surface area contributed by atoms with E-state index in [9.17, 15) is 19.5 Å². The molecule has 2 unspecified atom stereocenters. The molecule has 300 valence electrons. The van der Waals surface area contributed by atoms with Gasteiger partial charge in [-0.3, -0.25) is 19.3 Å². The van der Waals surface area contributed by atoms with Gasteiger partial charge in [0.2, 0.25) is 5.41 Å². The molecule has 5 aromatic carbocycles. The topological polar surface area (TPSA) is 86.7 Å². The first-order valence-corrected chi connectivity index (χ1v) is 17.7. The van der Waals surface area contributed by atoms with Gasteiger partial charge in [0.1, 0.15) is 5.41 Å². The number of carbonyl (C=O) groups excluding carboxylic acids is 3. The maximum Gasteiger partial charge on any atom is 0.411 e. The summed E-state index contributed by atoms with van der Waals surface area (Å²) in [7, 11) is 1.14. The zero-order valence-electron chi connectivity index (χ0n) is 30.4. The van der Waals surface area contributed by atoms with Gasteiger partial charge >= 0.3 is 18.5 Å². The molecule has 15 heteroatoms. The summed E-state index contributed by atoms with van der Waals surface area (Å²) in [4.78, 5) is 38.4. The van der Waals surface area contributed by atoms with Crippen LogP contribution in [0.4, 0.5) is 45.2 Å². The molecule has 58 heavy (non-hydrogen) atoms. The quantitative estimate of drug-likeness (QED) is 0.0931. The number of aldehydes is 1. The molecule has 2 atom stereocenters. The lowest BCUT2D eigenvalue weighted by Crippen LogP contribution is -2.55. The Hall–Kier alpha value is -5.96. The van der Waals surface area contributed by atoms with E-state index in [1.807, 2.05) is 0 Å². The van der Waals surface area contributed by atoms with Gasteiger partial charge in [0.25, 0.3) is 11.8 Å². The number of rotatable bonds is 8. The highest BCUT2D eigenvalue weighted by Gasteiger charge is 2.73. The summed E-state index contributed by atoms with van der Waals surface area (Å²) in [6, 6.07) is 17.7. The lowest BCUT2D eigenvalue weighted by Gasteiger charge is -2.39.